The second-order valence-corrected chi connectivity index (χ2v) is 9.01. The molecule has 0 bridgehead atoms. The van der Waals surface area contributed by atoms with E-state index in [-0.39, 0.29) is 17.4 Å². The normalized spacial score (nSPS) is 17.8. The third kappa shape index (κ3) is 4.52. The lowest BCUT2D eigenvalue weighted by Crippen LogP contribution is -2.40. The van der Waals surface area contributed by atoms with Crippen molar-refractivity contribution in [1.29, 1.82) is 5.26 Å². The summed E-state index contributed by atoms with van der Waals surface area (Å²) in [5, 5.41) is 11.8. The summed E-state index contributed by atoms with van der Waals surface area (Å²) in [6.45, 7) is 3.47. The maximum atomic E-state index is 12.6. The maximum absolute atomic E-state index is 12.6. The molecule has 1 amide bonds. The van der Waals surface area contributed by atoms with Gasteiger partial charge in [-0.15, -0.1) is 0 Å². The van der Waals surface area contributed by atoms with Crippen LogP contribution in [0.25, 0.3) is 0 Å². The number of carbonyl (C=O) groups is 1. The molecule has 1 aromatic carbocycles. The Bertz CT molecular complexity index is 909. The Morgan fingerprint density at radius 2 is 1.83 bits per heavy atom. The molecule has 0 spiro atoms. The van der Waals surface area contributed by atoms with Crippen LogP contribution in [0.3, 0.4) is 0 Å². The summed E-state index contributed by atoms with van der Waals surface area (Å²) in [5.74, 6) is 1.25. The second-order valence-electron chi connectivity index (χ2n) is 7.31. The molecular weight excluding hydrogens is 388 g/mol. The summed E-state index contributed by atoms with van der Waals surface area (Å²) in [6, 6.07) is 10.9. The lowest BCUT2D eigenvalue weighted by Gasteiger charge is -2.34. The average Bonchev–Trinajstić information content (AvgIpc) is 3.25. The van der Waals surface area contributed by atoms with Crippen molar-refractivity contribution in [3.8, 4) is 6.07 Å². The Morgan fingerprint density at radius 3 is 2.52 bits per heavy atom. The Balaban J connectivity index is 1.59. The van der Waals surface area contributed by atoms with Gasteiger partial charge in [0.2, 0.25) is 5.76 Å². The zero-order chi connectivity index (χ0) is 20.2. The Morgan fingerprint density at radius 1 is 1.07 bits per heavy atom. The van der Waals surface area contributed by atoms with Crippen molar-refractivity contribution in [3.05, 3.63) is 41.9 Å². The Kier molecular flexibility index (Phi) is 5.97. The van der Waals surface area contributed by atoms with Gasteiger partial charge < -0.3 is 24.1 Å². The monoisotopic (exact) mass is 412 g/mol. The molecule has 0 radical (unpaired) electrons. The van der Waals surface area contributed by atoms with Gasteiger partial charge in [0.1, 0.15) is 17.6 Å². The van der Waals surface area contributed by atoms with E-state index in [0.29, 0.717) is 11.5 Å². The second kappa shape index (κ2) is 8.80. The van der Waals surface area contributed by atoms with Crippen LogP contribution in [0.15, 0.2) is 34.7 Å². The summed E-state index contributed by atoms with van der Waals surface area (Å²) in [7, 11) is 0. The maximum Gasteiger partial charge on any atom is 0.291 e. The third-order valence-corrected chi connectivity index (χ3v) is 6.68. The van der Waals surface area contributed by atoms with E-state index in [9.17, 15) is 9.35 Å². The number of nitrogens with one attached hydrogen (secondary N) is 1. The molecular formula is C21H24N4O3S. The van der Waals surface area contributed by atoms with E-state index >= 15 is 0 Å². The predicted molar refractivity (Wildman–Crippen MR) is 114 cm³/mol. The van der Waals surface area contributed by atoms with E-state index in [0.717, 1.165) is 56.1 Å². The fourth-order valence-electron chi connectivity index (χ4n) is 3.82. The van der Waals surface area contributed by atoms with Crippen LogP contribution in [-0.2, 0) is 11.2 Å². The van der Waals surface area contributed by atoms with E-state index in [4.69, 9.17) is 9.68 Å². The van der Waals surface area contributed by atoms with E-state index in [1.54, 1.807) is 0 Å². The molecule has 2 aliphatic rings. The van der Waals surface area contributed by atoms with Gasteiger partial charge in [-0.25, -0.2) is 0 Å². The molecule has 2 fully saturated rings. The van der Waals surface area contributed by atoms with Crippen molar-refractivity contribution in [3.63, 3.8) is 0 Å². The first-order valence-electron chi connectivity index (χ1n) is 9.94. The van der Waals surface area contributed by atoms with Crippen molar-refractivity contribution in [2.24, 2.45) is 0 Å². The SMILES string of the molecule is N#Cc1ccc(C(=O)Nc2ccc(N3CC[S+]([O-])CC3)cc2N2CCCCC2)o1. The number of benzene rings is 1. The molecule has 3 heterocycles. The minimum absolute atomic E-state index is 0.115. The van der Waals surface area contributed by atoms with Crippen molar-refractivity contribution >= 4 is 34.1 Å². The molecule has 0 unspecified atom stereocenters. The van der Waals surface area contributed by atoms with Gasteiger partial charge in [-0.1, -0.05) is 11.2 Å². The molecule has 0 atom stereocenters. The number of nitrogens with zero attached hydrogens (tertiary/aromatic N) is 3. The van der Waals surface area contributed by atoms with Gasteiger partial charge in [-0.3, -0.25) is 4.79 Å². The zero-order valence-electron chi connectivity index (χ0n) is 16.2. The van der Waals surface area contributed by atoms with Crippen molar-refractivity contribution in [2.75, 3.05) is 52.8 Å². The first kappa shape index (κ1) is 19.7. The van der Waals surface area contributed by atoms with Gasteiger partial charge in [0.25, 0.3) is 5.91 Å². The topological polar surface area (TPSA) is 95.6 Å². The van der Waals surface area contributed by atoms with Crippen molar-refractivity contribution < 1.29 is 13.8 Å². The van der Waals surface area contributed by atoms with Crippen molar-refractivity contribution in [1.82, 2.24) is 0 Å². The highest BCUT2D eigenvalue weighted by Crippen LogP contribution is 2.34. The van der Waals surface area contributed by atoms with Gasteiger partial charge in [0.05, 0.1) is 24.5 Å². The molecule has 0 aliphatic carbocycles. The number of hydrogen-bond donors (Lipinski definition) is 1. The number of nitriles is 1. The zero-order valence-corrected chi connectivity index (χ0v) is 17.0. The molecule has 2 aromatic rings. The average molecular weight is 413 g/mol. The number of piperidine rings is 1. The smallest absolute Gasteiger partial charge is 0.291 e. The van der Waals surface area contributed by atoms with Crippen LogP contribution in [-0.4, -0.2) is 48.1 Å². The number of anilines is 3. The predicted octanol–water partition coefficient (Wildman–Crippen LogP) is 2.96. The van der Waals surface area contributed by atoms with E-state index in [2.05, 4.69) is 21.2 Å². The quantitative estimate of drug-likeness (QED) is 0.776. The largest absolute Gasteiger partial charge is 0.616 e. The van der Waals surface area contributed by atoms with Crippen LogP contribution in [0.2, 0.25) is 0 Å². The highest BCUT2D eigenvalue weighted by atomic mass is 32.2. The molecule has 152 valence electrons. The van der Waals surface area contributed by atoms with E-state index < -0.39 is 11.2 Å². The lowest BCUT2D eigenvalue weighted by atomic mass is 10.1. The highest BCUT2D eigenvalue weighted by Gasteiger charge is 2.23. The van der Waals surface area contributed by atoms with Crippen LogP contribution >= 0.6 is 0 Å². The van der Waals surface area contributed by atoms with E-state index in [1.807, 2.05) is 18.2 Å². The molecule has 1 aromatic heterocycles. The summed E-state index contributed by atoms with van der Waals surface area (Å²) < 4.78 is 16.9. The van der Waals surface area contributed by atoms with Crippen LogP contribution in [0.5, 0.6) is 0 Å². The van der Waals surface area contributed by atoms with Gasteiger partial charge in [-0.05, 0) is 49.6 Å². The summed E-state index contributed by atoms with van der Waals surface area (Å²) in [4.78, 5) is 17.2. The minimum Gasteiger partial charge on any atom is -0.616 e. The van der Waals surface area contributed by atoms with Crippen LogP contribution < -0.4 is 15.1 Å². The molecule has 2 aliphatic heterocycles. The molecule has 1 N–H and O–H groups in total. The number of hydrogen-bond acceptors (Lipinski definition) is 6. The molecule has 7 nitrogen and oxygen atoms in total. The number of rotatable bonds is 4. The lowest BCUT2D eigenvalue weighted by molar-refractivity contribution is 0.0996. The first-order chi connectivity index (χ1) is 14.1. The first-order valence-corrected chi connectivity index (χ1v) is 11.4. The summed E-state index contributed by atoms with van der Waals surface area (Å²) in [6.07, 6.45) is 3.48. The molecule has 8 heteroatoms. The molecule has 29 heavy (non-hydrogen) atoms. The number of furan rings is 1. The van der Waals surface area contributed by atoms with Crippen molar-refractivity contribution in [2.45, 2.75) is 19.3 Å². The van der Waals surface area contributed by atoms with Crippen LogP contribution in [0.1, 0.15) is 35.6 Å². The third-order valence-electron chi connectivity index (χ3n) is 5.41. The molecule has 0 saturated carbocycles. The molecule has 4 rings (SSSR count). The summed E-state index contributed by atoms with van der Waals surface area (Å²) >= 11 is -0.719. The fourth-order valence-corrected chi connectivity index (χ4v) is 4.87. The number of amides is 1. The molecule has 2 saturated heterocycles. The fraction of sp³-hybridized carbons (Fsp3) is 0.429. The number of carbonyl (C=O) groups excluding carboxylic acids is 1. The Labute approximate surface area is 173 Å². The van der Waals surface area contributed by atoms with Crippen LogP contribution in [0, 0.1) is 11.3 Å². The van der Waals surface area contributed by atoms with Gasteiger partial charge in [0, 0.05) is 18.8 Å². The van der Waals surface area contributed by atoms with Gasteiger partial charge >= 0.3 is 0 Å². The Hall–Kier alpha value is -2.63. The minimum atomic E-state index is -0.719. The van der Waals surface area contributed by atoms with Gasteiger partial charge in [0.15, 0.2) is 5.76 Å². The van der Waals surface area contributed by atoms with E-state index in [1.165, 1.54) is 18.6 Å². The standard InChI is InChI=1S/C21H24N4O3S/c22-15-17-5-7-20(28-17)21(26)23-18-6-4-16(24-10-12-29(27)13-11-24)14-19(18)25-8-2-1-3-9-25/h4-7,14H,1-3,8-13H2,(H,23,26). The highest BCUT2D eigenvalue weighted by molar-refractivity contribution is 7.91. The van der Waals surface area contributed by atoms with Crippen LogP contribution in [0.4, 0.5) is 17.1 Å². The van der Waals surface area contributed by atoms with Gasteiger partial charge in [-0.2, -0.15) is 5.26 Å². The summed E-state index contributed by atoms with van der Waals surface area (Å²) in [5.41, 5.74) is 2.82.